The summed E-state index contributed by atoms with van der Waals surface area (Å²) in [5, 5.41) is 16.4. The number of carbonyl (C=O) groups excluding carboxylic acids is 2. The maximum atomic E-state index is 12.6. The summed E-state index contributed by atoms with van der Waals surface area (Å²) in [6, 6.07) is 10.1. The van der Waals surface area contributed by atoms with Gasteiger partial charge in [-0.1, -0.05) is 11.6 Å². The van der Waals surface area contributed by atoms with Gasteiger partial charge < -0.3 is 20.1 Å². The second-order valence-electron chi connectivity index (χ2n) is 6.77. The molecule has 2 amide bonds. The van der Waals surface area contributed by atoms with Crippen molar-refractivity contribution in [2.24, 2.45) is 0 Å². The molecule has 0 aromatic heterocycles. The highest BCUT2D eigenvalue weighted by Gasteiger charge is 2.23. The predicted molar refractivity (Wildman–Crippen MR) is 128 cm³/mol. The van der Waals surface area contributed by atoms with Gasteiger partial charge in [0.25, 0.3) is 11.6 Å². The summed E-state index contributed by atoms with van der Waals surface area (Å²) < 4.78 is 11.0. The van der Waals surface area contributed by atoms with E-state index in [0.29, 0.717) is 24.5 Å². The Balaban J connectivity index is 1.91. The zero-order valence-corrected chi connectivity index (χ0v) is 19.9. The quantitative estimate of drug-likeness (QED) is 0.247. The van der Waals surface area contributed by atoms with Gasteiger partial charge in [0.1, 0.15) is 29.2 Å². The molecule has 0 heterocycles. The van der Waals surface area contributed by atoms with E-state index in [2.05, 4.69) is 10.6 Å². The van der Waals surface area contributed by atoms with Crippen LogP contribution in [0.4, 0.5) is 5.69 Å². The number of nitrogens with zero attached hydrogens (tertiary/aromatic N) is 1. The van der Waals surface area contributed by atoms with Gasteiger partial charge in [-0.25, -0.2) is 0 Å². The highest BCUT2D eigenvalue weighted by molar-refractivity contribution is 7.98. The van der Waals surface area contributed by atoms with E-state index < -0.39 is 16.9 Å². The number of amides is 2. The Morgan fingerprint density at radius 3 is 2.42 bits per heavy atom. The Labute approximate surface area is 201 Å². The van der Waals surface area contributed by atoms with Gasteiger partial charge in [-0.2, -0.15) is 11.8 Å². The van der Waals surface area contributed by atoms with E-state index in [9.17, 15) is 19.7 Å². The summed E-state index contributed by atoms with van der Waals surface area (Å²) in [6.45, 7) is 2.97. The molecule has 0 bridgehead atoms. The highest BCUT2D eigenvalue weighted by atomic mass is 35.5. The van der Waals surface area contributed by atoms with E-state index in [4.69, 9.17) is 21.1 Å². The van der Waals surface area contributed by atoms with Gasteiger partial charge in [-0.3, -0.25) is 19.7 Å². The number of rotatable bonds is 13. The molecule has 0 saturated heterocycles. The van der Waals surface area contributed by atoms with Crippen LogP contribution in [0.2, 0.25) is 5.02 Å². The summed E-state index contributed by atoms with van der Waals surface area (Å²) in [5.74, 6) is 1.07. The van der Waals surface area contributed by atoms with E-state index >= 15 is 0 Å². The zero-order chi connectivity index (χ0) is 24.2. The Morgan fingerprint density at radius 1 is 1.15 bits per heavy atom. The minimum Gasteiger partial charge on any atom is -0.494 e. The molecule has 0 saturated carbocycles. The Hall–Kier alpha value is -2.98. The van der Waals surface area contributed by atoms with Crippen molar-refractivity contribution in [3.05, 3.63) is 63.2 Å². The first kappa shape index (κ1) is 26.3. The van der Waals surface area contributed by atoms with Crippen LogP contribution in [-0.2, 0) is 4.79 Å². The van der Waals surface area contributed by atoms with E-state index in [1.54, 1.807) is 24.3 Å². The largest absolute Gasteiger partial charge is 0.494 e. The average molecular weight is 496 g/mol. The van der Waals surface area contributed by atoms with Crippen molar-refractivity contribution >= 4 is 40.9 Å². The average Bonchev–Trinajstić information content (AvgIpc) is 2.80. The molecule has 2 rings (SSSR count). The lowest BCUT2D eigenvalue weighted by Crippen LogP contribution is -2.47. The van der Waals surface area contributed by atoms with Gasteiger partial charge in [0, 0.05) is 11.6 Å². The van der Waals surface area contributed by atoms with Crippen molar-refractivity contribution in [3.63, 3.8) is 0 Å². The molecule has 0 aliphatic heterocycles. The molecule has 9 nitrogen and oxygen atoms in total. The van der Waals surface area contributed by atoms with E-state index in [-0.39, 0.29) is 35.3 Å². The normalized spacial score (nSPS) is 11.4. The number of carbonyl (C=O) groups is 2. The summed E-state index contributed by atoms with van der Waals surface area (Å²) in [7, 11) is 0. The van der Waals surface area contributed by atoms with Crippen LogP contribution < -0.4 is 20.1 Å². The minimum absolute atomic E-state index is 0.0480. The van der Waals surface area contributed by atoms with Crippen LogP contribution in [0.1, 0.15) is 23.7 Å². The molecule has 1 atom stereocenters. The SMILES string of the molecule is CCOc1ccc(OCCNC(=O)C(CCSC)NC(=O)c2ccc(Cl)c([N+](=O)[O-])c2)cc1. The number of hydrogen-bond acceptors (Lipinski definition) is 7. The molecule has 2 N–H and O–H groups in total. The van der Waals surface area contributed by atoms with Gasteiger partial charge in [-0.05, 0) is 61.8 Å². The van der Waals surface area contributed by atoms with Crippen molar-refractivity contribution in [1.82, 2.24) is 10.6 Å². The third-order valence-electron chi connectivity index (χ3n) is 4.44. The number of nitro groups is 1. The van der Waals surface area contributed by atoms with Crippen LogP contribution in [0.5, 0.6) is 11.5 Å². The van der Waals surface area contributed by atoms with Crippen molar-refractivity contribution in [3.8, 4) is 11.5 Å². The van der Waals surface area contributed by atoms with Crippen molar-refractivity contribution in [1.29, 1.82) is 0 Å². The molecule has 33 heavy (non-hydrogen) atoms. The van der Waals surface area contributed by atoms with Gasteiger partial charge in [-0.15, -0.1) is 0 Å². The monoisotopic (exact) mass is 495 g/mol. The minimum atomic E-state index is -0.801. The van der Waals surface area contributed by atoms with Gasteiger partial charge in [0.2, 0.25) is 5.91 Å². The van der Waals surface area contributed by atoms with Crippen LogP contribution >= 0.6 is 23.4 Å². The second-order valence-corrected chi connectivity index (χ2v) is 8.17. The third-order valence-corrected chi connectivity index (χ3v) is 5.41. The number of halogens is 1. The number of hydrogen-bond donors (Lipinski definition) is 2. The van der Waals surface area contributed by atoms with Gasteiger partial charge in [0.05, 0.1) is 18.1 Å². The Bertz CT molecular complexity index is 958. The van der Waals surface area contributed by atoms with Crippen LogP contribution in [0.3, 0.4) is 0 Å². The molecule has 2 aromatic carbocycles. The van der Waals surface area contributed by atoms with Crippen molar-refractivity contribution < 1.29 is 24.0 Å². The lowest BCUT2D eigenvalue weighted by atomic mass is 10.1. The third kappa shape index (κ3) is 8.47. The standard InChI is InChI=1S/C22H26ClN3O6S/c1-3-31-16-5-7-17(8-6-16)32-12-11-24-22(28)19(10-13-33-2)25-21(27)15-4-9-18(23)20(14-15)26(29)30/h4-9,14,19H,3,10-13H2,1-2H3,(H,24,28)(H,25,27). The van der Waals surface area contributed by atoms with E-state index in [1.807, 2.05) is 13.2 Å². The van der Waals surface area contributed by atoms with Gasteiger partial charge >= 0.3 is 0 Å². The number of benzene rings is 2. The van der Waals surface area contributed by atoms with Crippen LogP contribution in [0.25, 0.3) is 0 Å². The predicted octanol–water partition coefficient (Wildman–Crippen LogP) is 3.69. The summed E-state index contributed by atoms with van der Waals surface area (Å²) in [4.78, 5) is 35.6. The molecule has 0 radical (unpaired) electrons. The lowest BCUT2D eigenvalue weighted by molar-refractivity contribution is -0.384. The fourth-order valence-electron chi connectivity index (χ4n) is 2.80. The Kier molecular flexibility index (Phi) is 10.8. The van der Waals surface area contributed by atoms with Gasteiger partial charge in [0.15, 0.2) is 0 Å². The molecular formula is C22H26ClN3O6S. The topological polar surface area (TPSA) is 120 Å². The molecular weight excluding hydrogens is 470 g/mol. The molecule has 11 heteroatoms. The Morgan fingerprint density at radius 2 is 1.82 bits per heavy atom. The second kappa shape index (κ2) is 13.5. The highest BCUT2D eigenvalue weighted by Crippen LogP contribution is 2.25. The van der Waals surface area contributed by atoms with Crippen LogP contribution in [0, 0.1) is 10.1 Å². The molecule has 0 aliphatic rings. The first-order valence-corrected chi connectivity index (χ1v) is 12.0. The molecule has 0 fully saturated rings. The fourth-order valence-corrected chi connectivity index (χ4v) is 3.46. The van der Waals surface area contributed by atoms with Crippen molar-refractivity contribution in [2.75, 3.05) is 31.8 Å². The zero-order valence-electron chi connectivity index (χ0n) is 18.3. The summed E-state index contributed by atoms with van der Waals surface area (Å²) in [6.07, 6.45) is 2.29. The number of ether oxygens (including phenoxy) is 2. The summed E-state index contributed by atoms with van der Waals surface area (Å²) >= 11 is 7.34. The molecule has 178 valence electrons. The van der Waals surface area contributed by atoms with Crippen molar-refractivity contribution in [2.45, 2.75) is 19.4 Å². The molecule has 2 aromatic rings. The van der Waals surface area contributed by atoms with Crippen LogP contribution in [0.15, 0.2) is 42.5 Å². The molecule has 1 unspecified atom stereocenters. The number of nitrogens with one attached hydrogen (secondary N) is 2. The first-order valence-electron chi connectivity index (χ1n) is 10.2. The van der Waals surface area contributed by atoms with E-state index in [0.717, 1.165) is 11.8 Å². The van der Waals surface area contributed by atoms with Crippen LogP contribution in [-0.4, -0.2) is 54.5 Å². The maximum absolute atomic E-state index is 12.6. The fraction of sp³-hybridized carbons (Fsp3) is 0.364. The van der Waals surface area contributed by atoms with E-state index in [1.165, 1.54) is 23.9 Å². The molecule has 0 aliphatic carbocycles. The lowest BCUT2D eigenvalue weighted by Gasteiger charge is -2.18. The molecule has 0 spiro atoms. The maximum Gasteiger partial charge on any atom is 0.288 e. The smallest absolute Gasteiger partial charge is 0.288 e. The number of nitro benzene ring substituents is 1. The summed E-state index contributed by atoms with van der Waals surface area (Å²) in [5.41, 5.74) is -0.326. The first-order chi connectivity index (χ1) is 15.8. The number of thioether (sulfide) groups is 1.